The van der Waals surface area contributed by atoms with Crippen LogP contribution in [0.4, 0.5) is 5.69 Å². The zero-order valence-corrected chi connectivity index (χ0v) is 13.4. The molecule has 7 nitrogen and oxygen atoms in total. The van der Waals surface area contributed by atoms with Crippen molar-refractivity contribution in [3.05, 3.63) is 22.7 Å². The van der Waals surface area contributed by atoms with Gasteiger partial charge in [-0.3, -0.25) is 0 Å². The smallest absolute Gasteiger partial charge is 0.183 e. The number of hydrogen-bond acceptors (Lipinski definition) is 6. The molecule has 2 aromatic rings. The van der Waals surface area contributed by atoms with Crippen molar-refractivity contribution in [2.45, 2.75) is 13.0 Å². The van der Waals surface area contributed by atoms with Crippen LogP contribution in [-0.4, -0.2) is 40.6 Å². The minimum Gasteiger partial charge on any atom is -0.398 e. The maximum Gasteiger partial charge on any atom is 0.183 e. The van der Waals surface area contributed by atoms with E-state index in [1.165, 1.54) is 10.9 Å². The first-order valence-electron chi connectivity index (χ1n) is 5.79. The first-order chi connectivity index (χ1) is 9.29. The lowest BCUT2D eigenvalue weighted by molar-refractivity contribution is 0.509. The predicted octanol–water partition coefficient (Wildman–Crippen LogP) is 1.29. The van der Waals surface area contributed by atoms with Crippen LogP contribution < -0.4 is 5.73 Å². The van der Waals surface area contributed by atoms with Gasteiger partial charge in [-0.25, -0.2) is 13.1 Å². The molecule has 1 heterocycles. The number of anilines is 1. The van der Waals surface area contributed by atoms with Gasteiger partial charge in [0.15, 0.2) is 5.82 Å². The van der Waals surface area contributed by atoms with Crippen LogP contribution in [0.15, 0.2) is 22.7 Å². The summed E-state index contributed by atoms with van der Waals surface area (Å²) in [4.78, 5) is 0. The number of nitrogens with zero attached hydrogens (tertiary/aromatic N) is 4. The average Bonchev–Trinajstić information content (AvgIpc) is 2.79. The van der Waals surface area contributed by atoms with Gasteiger partial charge in [0, 0.05) is 17.5 Å². The van der Waals surface area contributed by atoms with Gasteiger partial charge in [0.1, 0.15) is 9.84 Å². The highest BCUT2D eigenvalue weighted by Crippen LogP contribution is 2.31. The normalized spacial score (nSPS) is 13.3. The average molecular weight is 360 g/mol. The second kappa shape index (κ2) is 5.49. The highest BCUT2D eigenvalue weighted by molar-refractivity contribution is 9.10. The van der Waals surface area contributed by atoms with Crippen LogP contribution in [0.3, 0.4) is 0 Å². The van der Waals surface area contributed by atoms with Crippen molar-refractivity contribution in [3.8, 4) is 11.4 Å². The van der Waals surface area contributed by atoms with Crippen molar-refractivity contribution in [2.75, 3.05) is 17.7 Å². The topological polar surface area (TPSA) is 104 Å². The summed E-state index contributed by atoms with van der Waals surface area (Å²) in [6.07, 6.45) is 1.18. The Hall–Kier alpha value is -1.48. The van der Waals surface area contributed by atoms with Gasteiger partial charge in [-0.2, -0.15) is 0 Å². The molecule has 1 unspecified atom stereocenters. The van der Waals surface area contributed by atoms with E-state index < -0.39 is 9.84 Å². The molecule has 0 saturated heterocycles. The molecule has 1 aromatic heterocycles. The van der Waals surface area contributed by atoms with Gasteiger partial charge in [-0.15, -0.1) is 5.10 Å². The SMILES string of the molecule is CC(CS(C)(=O)=O)n1nnnc1-c1cccc(N)c1Br. The fourth-order valence-electron chi connectivity index (χ4n) is 1.90. The lowest BCUT2D eigenvalue weighted by atomic mass is 10.2. The Balaban J connectivity index is 2.45. The van der Waals surface area contributed by atoms with Crippen LogP contribution in [0.1, 0.15) is 13.0 Å². The Morgan fingerprint density at radius 2 is 2.15 bits per heavy atom. The molecule has 2 rings (SSSR count). The van der Waals surface area contributed by atoms with Crippen molar-refractivity contribution in [2.24, 2.45) is 0 Å². The zero-order valence-electron chi connectivity index (χ0n) is 11.0. The minimum atomic E-state index is -3.12. The molecule has 0 radical (unpaired) electrons. The quantitative estimate of drug-likeness (QED) is 0.824. The summed E-state index contributed by atoms with van der Waals surface area (Å²) in [5.41, 5.74) is 7.11. The van der Waals surface area contributed by atoms with E-state index in [0.29, 0.717) is 16.0 Å². The number of tetrazole rings is 1. The molecule has 1 aromatic carbocycles. The number of aromatic nitrogens is 4. The summed E-state index contributed by atoms with van der Waals surface area (Å²) in [5, 5.41) is 11.5. The molecule has 0 aliphatic rings. The summed E-state index contributed by atoms with van der Waals surface area (Å²) in [6.45, 7) is 1.75. The molecule has 20 heavy (non-hydrogen) atoms. The molecule has 1 atom stereocenters. The van der Waals surface area contributed by atoms with Crippen LogP contribution in [0.2, 0.25) is 0 Å². The van der Waals surface area contributed by atoms with Gasteiger partial charge in [-0.1, -0.05) is 6.07 Å². The van der Waals surface area contributed by atoms with Gasteiger partial charge in [0.2, 0.25) is 0 Å². The Morgan fingerprint density at radius 3 is 2.80 bits per heavy atom. The number of rotatable bonds is 4. The molecular formula is C11H14BrN5O2S. The summed E-state index contributed by atoms with van der Waals surface area (Å²) < 4.78 is 25.0. The van der Waals surface area contributed by atoms with Gasteiger partial charge < -0.3 is 5.73 Å². The van der Waals surface area contributed by atoms with Crippen molar-refractivity contribution in [3.63, 3.8) is 0 Å². The fraction of sp³-hybridized carbons (Fsp3) is 0.364. The number of sulfone groups is 1. The highest BCUT2D eigenvalue weighted by Gasteiger charge is 2.20. The van der Waals surface area contributed by atoms with Crippen molar-refractivity contribution in [1.82, 2.24) is 20.2 Å². The maximum absolute atomic E-state index is 11.4. The number of hydrogen-bond donors (Lipinski definition) is 1. The van der Waals surface area contributed by atoms with E-state index in [1.54, 1.807) is 19.1 Å². The van der Waals surface area contributed by atoms with Crippen LogP contribution in [0.25, 0.3) is 11.4 Å². The molecule has 0 aliphatic carbocycles. The fourth-order valence-corrected chi connectivity index (χ4v) is 3.36. The molecule has 0 fully saturated rings. The Morgan fingerprint density at radius 1 is 1.45 bits per heavy atom. The molecule has 9 heteroatoms. The van der Waals surface area contributed by atoms with E-state index >= 15 is 0 Å². The molecular weight excluding hydrogens is 346 g/mol. The Bertz CT molecular complexity index is 728. The van der Waals surface area contributed by atoms with Crippen LogP contribution in [0, 0.1) is 0 Å². The number of nitrogens with two attached hydrogens (primary N) is 1. The summed E-state index contributed by atoms with van der Waals surface area (Å²) in [5.74, 6) is 0.436. The van der Waals surface area contributed by atoms with Crippen LogP contribution in [-0.2, 0) is 9.84 Å². The monoisotopic (exact) mass is 359 g/mol. The Kier molecular flexibility index (Phi) is 4.09. The van der Waals surface area contributed by atoms with E-state index in [2.05, 4.69) is 31.5 Å². The van der Waals surface area contributed by atoms with Gasteiger partial charge in [0.25, 0.3) is 0 Å². The molecule has 0 bridgehead atoms. The molecule has 108 valence electrons. The number of halogens is 1. The van der Waals surface area contributed by atoms with E-state index in [9.17, 15) is 8.42 Å². The third kappa shape index (κ3) is 3.15. The second-order valence-corrected chi connectivity index (χ2v) is 7.58. The summed E-state index contributed by atoms with van der Waals surface area (Å²) in [7, 11) is -3.12. The first-order valence-corrected chi connectivity index (χ1v) is 8.65. The summed E-state index contributed by atoms with van der Waals surface area (Å²) in [6, 6.07) is 4.98. The third-order valence-corrected chi connectivity index (χ3v) is 4.70. The minimum absolute atomic E-state index is 0.0367. The molecule has 0 saturated carbocycles. The number of benzene rings is 1. The largest absolute Gasteiger partial charge is 0.398 e. The lowest BCUT2D eigenvalue weighted by Crippen LogP contribution is -2.18. The zero-order chi connectivity index (χ0) is 14.9. The van der Waals surface area contributed by atoms with E-state index in [-0.39, 0.29) is 11.8 Å². The van der Waals surface area contributed by atoms with Crippen molar-refractivity contribution >= 4 is 31.5 Å². The molecule has 2 N–H and O–H groups in total. The van der Waals surface area contributed by atoms with Gasteiger partial charge >= 0.3 is 0 Å². The van der Waals surface area contributed by atoms with Gasteiger partial charge in [-0.05, 0) is 45.4 Å². The van der Waals surface area contributed by atoms with Crippen molar-refractivity contribution in [1.29, 1.82) is 0 Å². The molecule has 0 spiro atoms. The molecule has 0 amide bonds. The highest BCUT2D eigenvalue weighted by atomic mass is 79.9. The maximum atomic E-state index is 11.4. The lowest BCUT2D eigenvalue weighted by Gasteiger charge is -2.13. The third-order valence-electron chi connectivity index (χ3n) is 2.72. The van der Waals surface area contributed by atoms with Crippen molar-refractivity contribution < 1.29 is 8.42 Å². The summed E-state index contributed by atoms with van der Waals surface area (Å²) >= 11 is 3.39. The van der Waals surface area contributed by atoms with E-state index in [4.69, 9.17) is 5.73 Å². The van der Waals surface area contributed by atoms with E-state index in [0.717, 1.165) is 5.56 Å². The van der Waals surface area contributed by atoms with Crippen LogP contribution >= 0.6 is 15.9 Å². The van der Waals surface area contributed by atoms with Gasteiger partial charge in [0.05, 0.1) is 16.3 Å². The Labute approximate surface area is 125 Å². The predicted molar refractivity (Wildman–Crippen MR) is 79.8 cm³/mol. The van der Waals surface area contributed by atoms with Crippen LogP contribution in [0.5, 0.6) is 0 Å². The molecule has 0 aliphatic heterocycles. The standard InChI is InChI=1S/C11H14BrN5O2S/c1-7(6-20(2,18)19)17-11(14-15-16-17)8-4-3-5-9(13)10(8)12/h3-5,7H,6,13H2,1-2H3. The second-order valence-electron chi connectivity index (χ2n) is 4.60. The van der Waals surface area contributed by atoms with E-state index in [1.807, 2.05) is 6.07 Å². The first kappa shape index (κ1) is 14.9. The number of nitrogen functional groups attached to an aromatic ring is 1.